The highest BCUT2D eigenvalue weighted by molar-refractivity contribution is 6.41. The van der Waals surface area contributed by atoms with E-state index in [2.05, 4.69) is 44.9 Å². The van der Waals surface area contributed by atoms with Crippen LogP contribution >= 0.6 is 0 Å². The van der Waals surface area contributed by atoms with Crippen molar-refractivity contribution < 1.29 is 0 Å². The standard InChI is InChI=1S/C10H23NSi/c1-6-12-8-7-11(9(2)3)10(4)5/h6,9-10H,1,7-8,12H2,2-5H3. The first kappa shape index (κ1) is 11.9. The molecule has 0 spiro atoms. The molecule has 0 saturated heterocycles. The SMILES string of the molecule is C=C[SiH2]CCN(C(C)C)C(C)C. The van der Waals surface area contributed by atoms with Crippen molar-refractivity contribution in [2.24, 2.45) is 0 Å². The zero-order valence-corrected chi connectivity index (χ0v) is 10.4. The molecule has 0 rings (SSSR count). The van der Waals surface area contributed by atoms with E-state index in [0.717, 1.165) is 0 Å². The summed E-state index contributed by atoms with van der Waals surface area (Å²) < 4.78 is 0. The van der Waals surface area contributed by atoms with Crippen LogP contribution in [0.2, 0.25) is 6.04 Å². The van der Waals surface area contributed by atoms with Crippen LogP contribution in [0.3, 0.4) is 0 Å². The molecule has 0 heterocycles. The maximum atomic E-state index is 3.79. The lowest BCUT2D eigenvalue weighted by molar-refractivity contribution is 0.185. The van der Waals surface area contributed by atoms with Gasteiger partial charge in [-0.3, -0.25) is 4.90 Å². The second-order valence-corrected chi connectivity index (χ2v) is 5.72. The molecule has 0 aromatic rings. The maximum Gasteiger partial charge on any atom is 0.0459 e. The van der Waals surface area contributed by atoms with E-state index in [0.29, 0.717) is 12.1 Å². The lowest BCUT2D eigenvalue weighted by Crippen LogP contribution is -2.37. The molecule has 0 atom stereocenters. The van der Waals surface area contributed by atoms with Crippen LogP contribution < -0.4 is 0 Å². The zero-order chi connectivity index (χ0) is 9.56. The summed E-state index contributed by atoms with van der Waals surface area (Å²) in [7, 11) is 0.0372. The second kappa shape index (κ2) is 6.43. The van der Waals surface area contributed by atoms with E-state index in [1.807, 2.05) is 0 Å². The topological polar surface area (TPSA) is 3.24 Å². The van der Waals surface area contributed by atoms with E-state index in [1.54, 1.807) is 0 Å². The maximum absolute atomic E-state index is 3.79. The molecule has 0 unspecified atom stereocenters. The molecule has 0 bridgehead atoms. The Morgan fingerprint density at radius 2 is 1.75 bits per heavy atom. The van der Waals surface area contributed by atoms with E-state index >= 15 is 0 Å². The minimum Gasteiger partial charge on any atom is -0.299 e. The van der Waals surface area contributed by atoms with Crippen molar-refractivity contribution in [2.45, 2.75) is 45.8 Å². The lowest BCUT2D eigenvalue weighted by atomic mass is 10.2. The minimum atomic E-state index is 0.0372. The summed E-state index contributed by atoms with van der Waals surface area (Å²) in [4.78, 5) is 2.55. The molecule has 0 aliphatic rings. The van der Waals surface area contributed by atoms with E-state index < -0.39 is 0 Å². The Balaban J connectivity index is 3.71. The van der Waals surface area contributed by atoms with Crippen LogP contribution in [0.1, 0.15) is 27.7 Å². The summed E-state index contributed by atoms with van der Waals surface area (Å²) in [6.45, 7) is 14.1. The van der Waals surface area contributed by atoms with Gasteiger partial charge in [0.2, 0.25) is 0 Å². The molecular weight excluding hydrogens is 162 g/mol. The van der Waals surface area contributed by atoms with Gasteiger partial charge < -0.3 is 0 Å². The molecular formula is C10H23NSi. The van der Waals surface area contributed by atoms with Gasteiger partial charge in [-0.15, -0.1) is 12.3 Å². The van der Waals surface area contributed by atoms with Gasteiger partial charge in [-0.2, -0.15) is 0 Å². The highest BCUT2D eigenvalue weighted by atomic mass is 28.2. The van der Waals surface area contributed by atoms with E-state index in [1.165, 1.54) is 12.6 Å². The highest BCUT2D eigenvalue weighted by Crippen LogP contribution is 2.05. The van der Waals surface area contributed by atoms with Gasteiger partial charge >= 0.3 is 0 Å². The monoisotopic (exact) mass is 185 g/mol. The molecule has 0 aromatic carbocycles. The van der Waals surface area contributed by atoms with Crippen molar-refractivity contribution in [3.63, 3.8) is 0 Å². The van der Waals surface area contributed by atoms with Gasteiger partial charge in [0.15, 0.2) is 0 Å². The Bertz CT molecular complexity index is 113. The first-order chi connectivity index (χ1) is 5.59. The van der Waals surface area contributed by atoms with Crippen LogP contribution in [0.25, 0.3) is 0 Å². The molecule has 0 saturated carbocycles. The van der Waals surface area contributed by atoms with Gasteiger partial charge in [0.05, 0.1) is 0 Å². The first-order valence-electron chi connectivity index (χ1n) is 4.96. The Hall–Kier alpha value is -0.0831. The van der Waals surface area contributed by atoms with Crippen molar-refractivity contribution in [3.8, 4) is 0 Å². The summed E-state index contributed by atoms with van der Waals surface area (Å²) in [5.74, 6) is 0. The average molecular weight is 185 g/mol. The van der Waals surface area contributed by atoms with Crippen molar-refractivity contribution >= 4 is 9.52 Å². The fourth-order valence-corrected chi connectivity index (χ4v) is 2.37. The van der Waals surface area contributed by atoms with Gasteiger partial charge in [-0.05, 0) is 40.3 Å². The van der Waals surface area contributed by atoms with Gasteiger partial charge in [-0.1, -0.05) is 0 Å². The van der Waals surface area contributed by atoms with E-state index in [9.17, 15) is 0 Å². The van der Waals surface area contributed by atoms with Crippen molar-refractivity contribution in [1.29, 1.82) is 0 Å². The van der Waals surface area contributed by atoms with Crippen molar-refractivity contribution in [3.05, 3.63) is 12.3 Å². The van der Waals surface area contributed by atoms with Crippen LogP contribution in [0.15, 0.2) is 12.3 Å². The molecule has 72 valence electrons. The van der Waals surface area contributed by atoms with Crippen LogP contribution in [0, 0.1) is 0 Å². The van der Waals surface area contributed by atoms with Crippen molar-refractivity contribution in [2.75, 3.05) is 6.54 Å². The molecule has 0 aliphatic carbocycles. The highest BCUT2D eigenvalue weighted by Gasteiger charge is 2.11. The van der Waals surface area contributed by atoms with E-state index in [4.69, 9.17) is 0 Å². The third-order valence-corrected chi connectivity index (χ3v) is 3.28. The van der Waals surface area contributed by atoms with Crippen LogP contribution in [0.5, 0.6) is 0 Å². The summed E-state index contributed by atoms with van der Waals surface area (Å²) >= 11 is 0. The molecule has 1 nitrogen and oxygen atoms in total. The Morgan fingerprint density at radius 1 is 1.25 bits per heavy atom. The van der Waals surface area contributed by atoms with Crippen molar-refractivity contribution in [1.82, 2.24) is 4.90 Å². The molecule has 0 radical (unpaired) electrons. The smallest absolute Gasteiger partial charge is 0.0459 e. The lowest BCUT2D eigenvalue weighted by Gasteiger charge is -2.30. The summed E-state index contributed by atoms with van der Waals surface area (Å²) in [6, 6.07) is 2.74. The summed E-state index contributed by atoms with van der Waals surface area (Å²) in [5, 5.41) is 0. The zero-order valence-electron chi connectivity index (χ0n) is 9.01. The number of hydrogen-bond donors (Lipinski definition) is 0. The number of hydrogen-bond acceptors (Lipinski definition) is 1. The third-order valence-electron chi connectivity index (χ3n) is 2.15. The second-order valence-electron chi connectivity index (χ2n) is 3.86. The molecule has 0 fully saturated rings. The van der Waals surface area contributed by atoms with Gasteiger partial charge in [0, 0.05) is 21.6 Å². The van der Waals surface area contributed by atoms with Gasteiger partial charge in [0.1, 0.15) is 0 Å². The quantitative estimate of drug-likeness (QED) is 0.451. The molecule has 0 amide bonds. The average Bonchev–Trinajstić information content (AvgIpc) is 1.96. The minimum absolute atomic E-state index is 0.0372. The molecule has 0 N–H and O–H groups in total. The van der Waals surface area contributed by atoms with E-state index in [-0.39, 0.29) is 9.52 Å². The summed E-state index contributed by atoms with van der Waals surface area (Å²) in [6.07, 6.45) is 0. The number of nitrogens with zero attached hydrogens (tertiary/aromatic N) is 1. The van der Waals surface area contributed by atoms with Crippen LogP contribution in [-0.4, -0.2) is 33.0 Å². The largest absolute Gasteiger partial charge is 0.299 e. The predicted molar refractivity (Wildman–Crippen MR) is 60.5 cm³/mol. The Morgan fingerprint density at radius 3 is 2.08 bits per heavy atom. The fourth-order valence-electron chi connectivity index (χ4n) is 1.53. The number of rotatable bonds is 6. The molecule has 2 heteroatoms. The molecule has 0 aromatic heterocycles. The molecule has 12 heavy (non-hydrogen) atoms. The third kappa shape index (κ3) is 4.73. The predicted octanol–water partition coefficient (Wildman–Crippen LogP) is 1.84. The normalized spacial score (nSPS) is 12.6. The Kier molecular flexibility index (Phi) is 6.39. The van der Waals surface area contributed by atoms with Gasteiger partial charge in [-0.25, -0.2) is 0 Å². The first-order valence-corrected chi connectivity index (χ1v) is 6.78. The van der Waals surface area contributed by atoms with Crippen LogP contribution in [0.4, 0.5) is 0 Å². The van der Waals surface area contributed by atoms with Crippen LogP contribution in [-0.2, 0) is 0 Å². The molecule has 0 aliphatic heterocycles. The van der Waals surface area contributed by atoms with Gasteiger partial charge in [0.25, 0.3) is 0 Å². The fraction of sp³-hybridized carbons (Fsp3) is 0.800. The summed E-state index contributed by atoms with van der Waals surface area (Å²) in [5.41, 5.74) is 2.14. The Labute approximate surface area is 79.7 Å².